The number of rotatable bonds is 9. The Morgan fingerprint density at radius 3 is 2.64 bits per heavy atom. The summed E-state index contributed by atoms with van der Waals surface area (Å²) in [6, 6.07) is 9.00. The summed E-state index contributed by atoms with van der Waals surface area (Å²) in [5.41, 5.74) is -1.08. The molecule has 1 aliphatic heterocycles. The van der Waals surface area contributed by atoms with E-state index in [0.717, 1.165) is 5.56 Å². The lowest BCUT2D eigenvalue weighted by molar-refractivity contribution is -0.187. The molecule has 7 nitrogen and oxygen atoms in total. The van der Waals surface area contributed by atoms with Crippen molar-refractivity contribution in [3.05, 3.63) is 35.9 Å². The van der Waals surface area contributed by atoms with Gasteiger partial charge in [0.1, 0.15) is 0 Å². The van der Waals surface area contributed by atoms with Crippen molar-refractivity contribution < 1.29 is 33.3 Å². The number of carbonyl (C=O) groups is 3. The summed E-state index contributed by atoms with van der Waals surface area (Å²) in [5, 5.41) is 0. The lowest BCUT2D eigenvalue weighted by Crippen LogP contribution is -2.48. The van der Waals surface area contributed by atoms with Crippen LogP contribution < -0.4 is 0 Å². The molecular formula is C21H24O7. The summed E-state index contributed by atoms with van der Waals surface area (Å²) in [4.78, 5) is 35.6. The molecule has 4 atom stereocenters. The van der Waals surface area contributed by atoms with Crippen LogP contribution in [0.4, 0.5) is 0 Å². The predicted octanol–water partition coefficient (Wildman–Crippen LogP) is 1.67. The van der Waals surface area contributed by atoms with E-state index in [2.05, 4.69) is 5.92 Å². The van der Waals surface area contributed by atoms with E-state index in [1.165, 1.54) is 6.92 Å². The molecule has 7 heteroatoms. The number of carbonyl (C=O) groups excluding carboxylic acids is 3. The average molecular weight is 388 g/mol. The SMILES string of the molecule is C#CC1CC(OC(C)=O)OC1COC(C=O)(Cc1ccccc1)C(=O)OCC. The molecule has 0 spiro atoms. The second kappa shape index (κ2) is 10.0. The van der Waals surface area contributed by atoms with Gasteiger partial charge in [-0.25, -0.2) is 4.79 Å². The summed E-state index contributed by atoms with van der Waals surface area (Å²) in [5.74, 6) is 0.930. The van der Waals surface area contributed by atoms with Crippen molar-refractivity contribution in [3.8, 4) is 12.3 Å². The fraction of sp³-hybridized carbons (Fsp3) is 0.476. The van der Waals surface area contributed by atoms with E-state index in [9.17, 15) is 14.4 Å². The molecule has 0 saturated carbocycles. The summed E-state index contributed by atoms with van der Waals surface area (Å²) in [6.07, 6.45) is 4.90. The minimum absolute atomic E-state index is 0.0109. The van der Waals surface area contributed by atoms with Crippen LogP contribution in [0.3, 0.4) is 0 Å². The highest BCUT2D eigenvalue weighted by molar-refractivity contribution is 5.97. The maximum absolute atomic E-state index is 12.5. The second-order valence-electron chi connectivity index (χ2n) is 6.42. The maximum Gasteiger partial charge on any atom is 0.346 e. The minimum Gasteiger partial charge on any atom is -0.464 e. The number of ether oxygens (including phenoxy) is 4. The zero-order valence-electron chi connectivity index (χ0n) is 16.0. The molecule has 1 saturated heterocycles. The van der Waals surface area contributed by atoms with Gasteiger partial charge in [0.2, 0.25) is 11.9 Å². The monoisotopic (exact) mass is 388 g/mol. The van der Waals surface area contributed by atoms with Gasteiger partial charge < -0.3 is 18.9 Å². The first kappa shape index (κ1) is 21.6. The van der Waals surface area contributed by atoms with Gasteiger partial charge in [-0.1, -0.05) is 30.3 Å². The molecule has 1 aromatic carbocycles. The number of esters is 2. The molecule has 0 amide bonds. The van der Waals surface area contributed by atoms with Crippen molar-refractivity contribution in [1.29, 1.82) is 0 Å². The summed E-state index contributed by atoms with van der Waals surface area (Å²) in [6.45, 7) is 2.90. The Balaban J connectivity index is 2.15. The first-order valence-electron chi connectivity index (χ1n) is 9.04. The third-order valence-electron chi connectivity index (χ3n) is 4.36. The van der Waals surface area contributed by atoms with E-state index >= 15 is 0 Å². The zero-order chi connectivity index (χ0) is 20.6. The maximum atomic E-state index is 12.5. The third kappa shape index (κ3) is 5.41. The molecule has 0 radical (unpaired) electrons. The molecule has 1 heterocycles. The van der Waals surface area contributed by atoms with Crippen LogP contribution >= 0.6 is 0 Å². The van der Waals surface area contributed by atoms with E-state index in [1.54, 1.807) is 31.2 Å². The number of hydrogen-bond donors (Lipinski definition) is 0. The first-order chi connectivity index (χ1) is 13.4. The highest BCUT2D eigenvalue weighted by Gasteiger charge is 2.44. The van der Waals surface area contributed by atoms with Crippen LogP contribution in [-0.2, 0) is 39.8 Å². The molecule has 2 rings (SSSR count). The lowest BCUT2D eigenvalue weighted by atomic mass is 9.95. The molecule has 150 valence electrons. The summed E-state index contributed by atoms with van der Waals surface area (Å²) < 4.78 is 21.5. The number of terminal acetylenes is 1. The predicted molar refractivity (Wildman–Crippen MR) is 98.9 cm³/mol. The number of benzene rings is 1. The van der Waals surface area contributed by atoms with Gasteiger partial charge in [-0.2, -0.15) is 0 Å². The Hall–Kier alpha value is -2.69. The zero-order valence-corrected chi connectivity index (χ0v) is 16.0. The topological polar surface area (TPSA) is 88.1 Å². The van der Waals surface area contributed by atoms with E-state index in [0.29, 0.717) is 12.7 Å². The molecule has 1 aromatic rings. The first-order valence-corrected chi connectivity index (χ1v) is 9.04. The Bertz CT molecular complexity index is 724. The Kier molecular flexibility index (Phi) is 7.73. The van der Waals surface area contributed by atoms with Crippen LogP contribution in [-0.4, -0.2) is 49.4 Å². The molecule has 0 bridgehead atoms. The van der Waals surface area contributed by atoms with E-state index < -0.39 is 29.9 Å². The Morgan fingerprint density at radius 1 is 1.36 bits per heavy atom. The molecule has 4 unspecified atom stereocenters. The van der Waals surface area contributed by atoms with E-state index in [1.807, 2.05) is 6.07 Å². The van der Waals surface area contributed by atoms with Crippen molar-refractivity contribution in [2.45, 2.75) is 44.7 Å². The standard InChI is InChI=1S/C21H24O7/c1-4-17-11-19(27-15(3)23)28-18(17)13-26-21(14-22,20(24)25-5-2)12-16-9-7-6-8-10-16/h1,6-10,14,17-19H,5,11-13H2,2-3H3. The van der Waals surface area contributed by atoms with Crippen LogP contribution in [0.2, 0.25) is 0 Å². The smallest absolute Gasteiger partial charge is 0.346 e. The van der Waals surface area contributed by atoms with E-state index in [-0.39, 0.29) is 25.6 Å². The van der Waals surface area contributed by atoms with Gasteiger partial charge in [-0.15, -0.1) is 12.3 Å². The third-order valence-corrected chi connectivity index (χ3v) is 4.36. The highest BCUT2D eigenvalue weighted by atomic mass is 16.7. The van der Waals surface area contributed by atoms with Crippen molar-refractivity contribution in [2.75, 3.05) is 13.2 Å². The van der Waals surface area contributed by atoms with Gasteiger partial charge in [0.05, 0.1) is 25.2 Å². The molecule has 1 aliphatic rings. The lowest BCUT2D eigenvalue weighted by Gasteiger charge is -2.28. The molecule has 28 heavy (non-hydrogen) atoms. The van der Waals surface area contributed by atoms with Gasteiger partial charge in [-0.05, 0) is 12.5 Å². The van der Waals surface area contributed by atoms with Gasteiger partial charge >= 0.3 is 11.9 Å². The fourth-order valence-electron chi connectivity index (χ4n) is 2.99. The van der Waals surface area contributed by atoms with Crippen LogP contribution in [0.5, 0.6) is 0 Å². The van der Waals surface area contributed by atoms with Crippen molar-refractivity contribution in [2.24, 2.45) is 5.92 Å². The number of hydrogen-bond acceptors (Lipinski definition) is 7. The summed E-state index contributed by atoms with van der Waals surface area (Å²) in [7, 11) is 0. The quantitative estimate of drug-likeness (QED) is 0.275. The highest BCUT2D eigenvalue weighted by Crippen LogP contribution is 2.29. The van der Waals surface area contributed by atoms with Gasteiger partial charge in [0.15, 0.2) is 6.29 Å². The van der Waals surface area contributed by atoms with Crippen molar-refractivity contribution in [3.63, 3.8) is 0 Å². The Labute approximate surface area is 164 Å². The largest absolute Gasteiger partial charge is 0.464 e. The molecular weight excluding hydrogens is 364 g/mol. The van der Waals surface area contributed by atoms with Crippen molar-refractivity contribution in [1.82, 2.24) is 0 Å². The normalized spacial score (nSPS) is 23.2. The van der Waals surface area contributed by atoms with Crippen molar-refractivity contribution >= 4 is 18.2 Å². The van der Waals surface area contributed by atoms with Crippen LogP contribution in [0.15, 0.2) is 30.3 Å². The van der Waals surface area contributed by atoms with Crippen LogP contribution in [0.1, 0.15) is 25.8 Å². The fourth-order valence-corrected chi connectivity index (χ4v) is 2.99. The molecule has 0 N–H and O–H groups in total. The Morgan fingerprint density at radius 2 is 2.07 bits per heavy atom. The molecule has 1 fully saturated rings. The second-order valence-corrected chi connectivity index (χ2v) is 6.42. The van der Waals surface area contributed by atoms with Gasteiger partial charge in [0, 0.05) is 19.8 Å². The van der Waals surface area contributed by atoms with Crippen LogP contribution in [0, 0.1) is 18.3 Å². The van der Waals surface area contributed by atoms with Gasteiger partial charge in [-0.3, -0.25) is 9.59 Å². The summed E-state index contributed by atoms with van der Waals surface area (Å²) >= 11 is 0. The molecule has 0 aliphatic carbocycles. The van der Waals surface area contributed by atoms with Gasteiger partial charge in [0.25, 0.3) is 0 Å². The molecule has 0 aromatic heterocycles. The van der Waals surface area contributed by atoms with Crippen LogP contribution in [0.25, 0.3) is 0 Å². The minimum atomic E-state index is -1.82. The van der Waals surface area contributed by atoms with E-state index in [4.69, 9.17) is 25.4 Å². The number of aldehydes is 1. The average Bonchev–Trinajstić information content (AvgIpc) is 3.07.